The first kappa shape index (κ1) is 20.3. The Balaban J connectivity index is 2.07. The first-order valence-corrected chi connectivity index (χ1v) is 10.4. The van der Waals surface area contributed by atoms with Gasteiger partial charge in [-0.15, -0.1) is 0 Å². The lowest BCUT2D eigenvalue weighted by molar-refractivity contribution is -0.384. The average Bonchev–Trinajstić information content (AvgIpc) is 2.91. The molecule has 1 saturated heterocycles. The molecule has 1 aliphatic heterocycles. The van der Waals surface area contributed by atoms with E-state index < -0.39 is 14.8 Å². The van der Waals surface area contributed by atoms with Crippen molar-refractivity contribution in [3.8, 4) is 0 Å². The quantitative estimate of drug-likeness (QED) is 0.492. The van der Waals surface area contributed by atoms with Gasteiger partial charge in [0.15, 0.2) is 9.84 Å². The second-order valence-corrected chi connectivity index (χ2v) is 9.13. The summed E-state index contributed by atoms with van der Waals surface area (Å²) in [7, 11) is 0.812. The fourth-order valence-corrected chi connectivity index (χ4v) is 4.83. The molecule has 1 unspecified atom stereocenters. The molecule has 0 aromatic heterocycles. The van der Waals surface area contributed by atoms with Crippen molar-refractivity contribution < 1.29 is 18.1 Å². The number of non-ortho nitro benzene ring substituents is 1. The summed E-state index contributed by atoms with van der Waals surface area (Å²) >= 11 is 0. The van der Waals surface area contributed by atoms with Crippen LogP contribution in [0.2, 0.25) is 0 Å². The lowest BCUT2D eigenvalue weighted by atomic mass is 10.1. The number of sulfone groups is 1. The third-order valence-electron chi connectivity index (χ3n) is 4.48. The van der Waals surface area contributed by atoms with Crippen LogP contribution in [-0.2, 0) is 21.1 Å². The van der Waals surface area contributed by atoms with Gasteiger partial charge in [-0.25, -0.2) is 8.42 Å². The summed E-state index contributed by atoms with van der Waals surface area (Å²) in [5, 5.41) is 10.7. The molecule has 2 rings (SSSR count). The normalized spacial score (nSPS) is 18.8. The molecule has 0 radical (unpaired) electrons. The van der Waals surface area contributed by atoms with Crippen LogP contribution in [0.15, 0.2) is 24.3 Å². The van der Waals surface area contributed by atoms with Crippen LogP contribution >= 0.6 is 0 Å². The molecule has 1 aromatic carbocycles. The Morgan fingerprint density at radius 1 is 1.23 bits per heavy atom. The van der Waals surface area contributed by atoms with Gasteiger partial charge in [-0.05, 0) is 39.0 Å². The molecule has 8 nitrogen and oxygen atoms in total. The minimum atomic E-state index is -3.08. The first-order valence-electron chi connectivity index (χ1n) is 8.56. The Morgan fingerprint density at radius 2 is 1.88 bits per heavy atom. The van der Waals surface area contributed by atoms with Crippen molar-refractivity contribution in [3.63, 3.8) is 0 Å². The van der Waals surface area contributed by atoms with Crippen molar-refractivity contribution in [2.45, 2.75) is 25.3 Å². The van der Waals surface area contributed by atoms with Crippen molar-refractivity contribution in [2.24, 2.45) is 0 Å². The maximum Gasteiger partial charge on any atom is 0.269 e. The zero-order valence-electron chi connectivity index (χ0n) is 15.1. The van der Waals surface area contributed by atoms with Gasteiger partial charge in [0.25, 0.3) is 5.69 Å². The molecule has 1 atom stereocenters. The van der Waals surface area contributed by atoms with Gasteiger partial charge in [-0.1, -0.05) is 12.1 Å². The molecule has 26 heavy (non-hydrogen) atoms. The molecule has 0 saturated carbocycles. The van der Waals surface area contributed by atoms with E-state index in [1.54, 1.807) is 17.0 Å². The van der Waals surface area contributed by atoms with Gasteiger partial charge in [0, 0.05) is 24.7 Å². The number of nitro groups is 1. The predicted molar refractivity (Wildman–Crippen MR) is 98.7 cm³/mol. The molecule has 144 valence electrons. The van der Waals surface area contributed by atoms with Crippen LogP contribution in [0.3, 0.4) is 0 Å². The molecular weight excluding hydrogens is 358 g/mol. The Bertz CT molecular complexity index is 746. The lowest BCUT2D eigenvalue weighted by Gasteiger charge is -2.29. The molecular formula is C17H25N3O5S. The SMILES string of the molecule is CN(C)CCCN(C(=O)Cc1ccc([N+](=O)[O-])cc1)C1CCS(=O)(=O)C1. The molecule has 1 fully saturated rings. The van der Waals surface area contributed by atoms with E-state index in [0.29, 0.717) is 18.5 Å². The summed E-state index contributed by atoms with van der Waals surface area (Å²) in [5.74, 6) is -0.00659. The molecule has 0 spiro atoms. The highest BCUT2D eigenvalue weighted by atomic mass is 32.2. The Kier molecular flexibility index (Phi) is 6.71. The summed E-state index contributed by atoms with van der Waals surface area (Å²) in [4.78, 5) is 26.7. The van der Waals surface area contributed by atoms with Crippen LogP contribution in [0, 0.1) is 10.1 Å². The van der Waals surface area contributed by atoms with Gasteiger partial charge in [0.1, 0.15) is 0 Å². The van der Waals surface area contributed by atoms with E-state index in [0.717, 1.165) is 13.0 Å². The molecule has 1 heterocycles. The molecule has 0 bridgehead atoms. The number of benzene rings is 1. The third kappa shape index (κ3) is 5.77. The standard InChI is InChI=1S/C17H25N3O5S/c1-18(2)9-3-10-19(16-8-11-26(24,25)13-16)17(21)12-14-4-6-15(7-5-14)20(22)23/h4-7,16H,3,8-13H2,1-2H3. The van der Waals surface area contributed by atoms with Crippen molar-refractivity contribution in [3.05, 3.63) is 39.9 Å². The van der Waals surface area contributed by atoms with E-state index in [1.807, 2.05) is 19.0 Å². The van der Waals surface area contributed by atoms with Crippen LogP contribution in [0.25, 0.3) is 0 Å². The van der Waals surface area contributed by atoms with E-state index in [2.05, 4.69) is 0 Å². The summed E-state index contributed by atoms with van der Waals surface area (Å²) in [6.07, 6.45) is 1.34. The Morgan fingerprint density at radius 3 is 2.38 bits per heavy atom. The van der Waals surface area contributed by atoms with Gasteiger partial charge in [0.2, 0.25) is 5.91 Å². The van der Waals surface area contributed by atoms with Gasteiger partial charge in [-0.3, -0.25) is 14.9 Å². The van der Waals surface area contributed by atoms with Crippen LogP contribution < -0.4 is 0 Å². The lowest BCUT2D eigenvalue weighted by Crippen LogP contribution is -2.43. The number of nitrogens with zero attached hydrogens (tertiary/aromatic N) is 3. The fourth-order valence-electron chi connectivity index (χ4n) is 3.10. The molecule has 9 heteroatoms. The minimum absolute atomic E-state index is 0.0148. The van der Waals surface area contributed by atoms with Crippen LogP contribution in [0.5, 0.6) is 0 Å². The zero-order valence-corrected chi connectivity index (χ0v) is 15.9. The summed E-state index contributed by atoms with van der Waals surface area (Å²) in [6.45, 7) is 1.31. The van der Waals surface area contributed by atoms with Crippen molar-refractivity contribution in [1.82, 2.24) is 9.80 Å². The Hall–Kier alpha value is -2.00. The van der Waals surface area contributed by atoms with Gasteiger partial charge in [0.05, 0.1) is 22.8 Å². The molecule has 0 N–H and O–H groups in total. The van der Waals surface area contributed by atoms with Crippen LogP contribution in [-0.4, -0.2) is 73.8 Å². The predicted octanol–water partition coefficient (Wildman–Crippen LogP) is 1.10. The second kappa shape index (κ2) is 8.59. The van der Waals surface area contributed by atoms with Crippen LogP contribution in [0.4, 0.5) is 5.69 Å². The maximum atomic E-state index is 12.8. The average molecular weight is 383 g/mol. The van der Waals surface area contributed by atoms with E-state index in [1.165, 1.54) is 12.1 Å². The smallest absolute Gasteiger partial charge is 0.269 e. The van der Waals surface area contributed by atoms with Gasteiger partial charge < -0.3 is 9.80 Å². The van der Waals surface area contributed by atoms with E-state index in [4.69, 9.17) is 0 Å². The number of carbonyl (C=O) groups excluding carboxylic acids is 1. The van der Waals surface area contributed by atoms with Gasteiger partial charge in [-0.2, -0.15) is 0 Å². The topological polar surface area (TPSA) is 101 Å². The first-order chi connectivity index (χ1) is 12.2. The van der Waals surface area contributed by atoms with Crippen molar-refractivity contribution >= 4 is 21.4 Å². The zero-order chi connectivity index (χ0) is 19.3. The fraction of sp³-hybridized carbons (Fsp3) is 0.588. The highest BCUT2D eigenvalue weighted by molar-refractivity contribution is 7.91. The molecule has 0 aliphatic carbocycles. The van der Waals surface area contributed by atoms with E-state index in [9.17, 15) is 23.3 Å². The number of hydrogen-bond donors (Lipinski definition) is 0. The molecule has 1 aliphatic rings. The summed E-state index contributed by atoms with van der Waals surface area (Å²) in [6, 6.07) is 5.60. The monoisotopic (exact) mass is 383 g/mol. The van der Waals surface area contributed by atoms with Crippen molar-refractivity contribution in [1.29, 1.82) is 0 Å². The number of nitro benzene ring substituents is 1. The van der Waals surface area contributed by atoms with E-state index >= 15 is 0 Å². The number of rotatable bonds is 8. The highest BCUT2D eigenvalue weighted by Crippen LogP contribution is 2.20. The highest BCUT2D eigenvalue weighted by Gasteiger charge is 2.34. The minimum Gasteiger partial charge on any atom is -0.338 e. The largest absolute Gasteiger partial charge is 0.338 e. The second-order valence-electron chi connectivity index (χ2n) is 6.90. The third-order valence-corrected chi connectivity index (χ3v) is 6.23. The van der Waals surface area contributed by atoms with E-state index in [-0.39, 0.29) is 35.6 Å². The number of amides is 1. The maximum absolute atomic E-state index is 12.8. The molecule has 1 amide bonds. The van der Waals surface area contributed by atoms with Crippen LogP contribution in [0.1, 0.15) is 18.4 Å². The van der Waals surface area contributed by atoms with Crippen molar-refractivity contribution in [2.75, 3.05) is 38.7 Å². The molecule has 1 aromatic rings. The Labute approximate surface area is 153 Å². The summed E-state index contributed by atoms with van der Waals surface area (Å²) in [5.41, 5.74) is 0.657. The number of hydrogen-bond acceptors (Lipinski definition) is 6. The van der Waals surface area contributed by atoms with Gasteiger partial charge >= 0.3 is 0 Å². The summed E-state index contributed by atoms with van der Waals surface area (Å²) < 4.78 is 23.6. The number of carbonyl (C=O) groups is 1.